The van der Waals surface area contributed by atoms with Crippen LogP contribution in [0, 0.1) is 11.3 Å². The molecule has 2 rings (SSSR count). The molecule has 0 aliphatic heterocycles. The van der Waals surface area contributed by atoms with Crippen LogP contribution >= 0.6 is 0 Å². The van der Waals surface area contributed by atoms with Crippen molar-refractivity contribution in [3.63, 3.8) is 0 Å². The van der Waals surface area contributed by atoms with Crippen LogP contribution in [0.4, 0.5) is 0 Å². The maximum atomic E-state index is 12.4. The minimum atomic E-state index is -3.55. The van der Waals surface area contributed by atoms with Crippen molar-refractivity contribution < 1.29 is 8.42 Å². The van der Waals surface area contributed by atoms with Gasteiger partial charge in [0.05, 0.1) is 12.4 Å². The lowest BCUT2D eigenvalue weighted by Gasteiger charge is -2.18. The smallest absolute Gasteiger partial charge is 0.262 e. The maximum Gasteiger partial charge on any atom is 0.262 e. The first-order valence-electron chi connectivity index (χ1n) is 6.00. The first-order chi connectivity index (χ1) is 8.59. The van der Waals surface area contributed by atoms with Gasteiger partial charge in [-0.05, 0) is 19.8 Å². The monoisotopic (exact) mass is 268 g/mol. The molecule has 98 valence electrons. The summed E-state index contributed by atoms with van der Waals surface area (Å²) in [6.07, 6.45) is 5.02. The van der Waals surface area contributed by atoms with E-state index in [1.807, 2.05) is 13.0 Å². The molecule has 0 spiro atoms. The molecule has 1 aromatic rings. The molecule has 0 aromatic carbocycles. The second kappa shape index (κ2) is 5.08. The van der Waals surface area contributed by atoms with Gasteiger partial charge in [0, 0.05) is 31.7 Å². The van der Waals surface area contributed by atoms with Crippen LogP contribution in [0.1, 0.15) is 26.2 Å². The zero-order chi connectivity index (χ0) is 13.2. The highest BCUT2D eigenvalue weighted by atomic mass is 32.2. The van der Waals surface area contributed by atoms with E-state index in [0.717, 1.165) is 12.8 Å². The summed E-state index contributed by atoms with van der Waals surface area (Å²) in [4.78, 5) is 3.95. The minimum absolute atomic E-state index is 0.0510. The number of imidazole rings is 1. The molecule has 1 saturated carbocycles. The van der Waals surface area contributed by atoms with Gasteiger partial charge in [0.15, 0.2) is 5.03 Å². The van der Waals surface area contributed by atoms with E-state index in [-0.39, 0.29) is 24.0 Å². The average molecular weight is 268 g/mol. The van der Waals surface area contributed by atoms with Gasteiger partial charge in [0.2, 0.25) is 0 Å². The van der Waals surface area contributed by atoms with Crippen molar-refractivity contribution in [2.45, 2.75) is 43.8 Å². The molecular formula is C11H16N4O2S. The summed E-state index contributed by atoms with van der Waals surface area (Å²) >= 11 is 0. The molecule has 7 heteroatoms. The summed E-state index contributed by atoms with van der Waals surface area (Å²) in [5.41, 5.74) is 0. The van der Waals surface area contributed by atoms with Gasteiger partial charge >= 0.3 is 0 Å². The fraction of sp³-hybridized carbons (Fsp3) is 0.636. The predicted molar refractivity (Wildman–Crippen MR) is 65.0 cm³/mol. The predicted octanol–water partition coefficient (Wildman–Crippen LogP) is 0.970. The maximum absolute atomic E-state index is 12.4. The quantitative estimate of drug-likeness (QED) is 0.770. The number of hydrogen-bond acceptors (Lipinski definition) is 4. The molecular weight excluding hydrogens is 252 g/mol. The topological polar surface area (TPSA) is 79.0 Å². The van der Waals surface area contributed by atoms with Gasteiger partial charge in [-0.2, -0.15) is 9.57 Å². The molecule has 18 heavy (non-hydrogen) atoms. The number of hydrogen-bond donors (Lipinski definition) is 0. The summed E-state index contributed by atoms with van der Waals surface area (Å²) in [7, 11) is -3.55. The van der Waals surface area contributed by atoms with E-state index in [9.17, 15) is 8.42 Å². The molecule has 6 nitrogen and oxygen atoms in total. The normalized spacial score (nSPS) is 15.8. The van der Waals surface area contributed by atoms with Gasteiger partial charge in [-0.1, -0.05) is 0 Å². The first kappa shape index (κ1) is 13.1. The van der Waals surface area contributed by atoms with E-state index < -0.39 is 10.0 Å². The van der Waals surface area contributed by atoms with Crippen LogP contribution in [0.15, 0.2) is 17.6 Å². The van der Waals surface area contributed by atoms with Crippen LogP contribution in [-0.2, 0) is 16.6 Å². The molecule has 0 saturated heterocycles. The Morgan fingerprint density at radius 3 is 2.83 bits per heavy atom. The van der Waals surface area contributed by atoms with E-state index in [1.165, 1.54) is 16.8 Å². The van der Waals surface area contributed by atoms with Crippen molar-refractivity contribution in [2.75, 3.05) is 6.54 Å². The van der Waals surface area contributed by atoms with Gasteiger partial charge < -0.3 is 4.57 Å². The van der Waals surface area contributed by atoms with Gasteiger partial charge in [-0.15, -0.1) is 0 Å². The van der Waals surface area contributed by atoms with Crippen LogP contribution in [0.25, 0.3) is 0 Å². The number of aryl methyl sites for hydroxylation is 1. The minimum Gasteiger partial charge on any atom is -0.336 e. The van der Waals surface area contributed by atoms with Gasteiger partial charge in [0.25, 0.3) is 10.0 Å². The first-order valence-corrected chi connectivity index (χ1v) is 7.44. The molecule has 1 fully saturated rings. The van der Waals surface area contributed by atoms with Crippen LogP contribution in [0.5, 0.6) is 0 Å². The second-order valence-electron chi connectivity index (χ2n) is 4.30. The van der Waals surface area contributed by atoms with E-state index >= 15 is 0 Å². The van der Waals surface area contributed by atoms with Crippen molar-refractivity contribution in [1.29, 1.82) is 5.26 Å². The number of aromatic nitrogens is 2. The summed E-state index contributed by atoms with van der Waals surface area (Å²) in [5.74, 6) is 0. The molecule has 1 heterocycles. The summed E-state index contributed by atoms with van der Waals surface area (Å²) < 4.78 is 27.9. The molecule has 0 radical (unpaired) electrons. The molecule has 0 N–H and O–H groups in total. The highest BCUT2D eigenvalue weighted by Crippen LogP contribution is 2.31. The van der Waals surface area contributed by atoms with E-state index in [0.29, 0.717) is 6.54 Å². The third kappa shape index (κ3) is 2.54. The van der Waals surface area contributed by atoms with Crippen molar-refractivity contribution in [3.8, 4) is 6.07 Å². The van der Waals surface area contributed by atoms with Gasteiger partial charge in [-0.25, -0.2) is 13.4 Å². The molecule has 1 aliphatic carbocycles. The van der Waals surface area contributed by atoms with Crippen LogP contribution in [-0.4, -0.2) is 34.9 Å². The average Bonchev–Trinajstić information content (AvgIpc) is 3.05. The molecule has 1 aliphatic rings. The van der Waals surface area contributed by atoms with Gasteiger partial charge in [-0.3, -0.25) is 0 Å². The molecule has 0 atom stereocenters. The zero-order valence-corrected chi connectivity index (χ0v) is 11.1. The Bertz CT molecular complexity index is 554. The Kier molecular flexibility index (Phi) is 3.68. The highest BCUT2D eigenvalue weighted by molar-refractivity contribution is 7.89. The lowest BCUT2D eigenvalue weighted by atomic mass is 10.4. The summed E-state index contributed by atoms with van der Waals surface area (Å²) in [6, 6.07) is 2.04. The van der Waals surface area contributed by atoms with Crippen molar-refractivity contribution in [3.05, 3.63) is 12.5 Å². The van der Waals surface area contributed by atoms with E-state index in [4.69, 9.17) is 5.26 Å². The van der Waals surface area contributed by atoms with Crippen molar-refractivity contribution in [1.82, 2.24) is 13.9 Å². The highest BCUT2D eigenvalue weighted by Gasteiger charge is 2.38. The van der Waals surface area contributed by atoms with Crippen LogP contribution in [0.3, 0.4) is 0 Å². The SMILES string of the molecule is CCn1cnc(S(=O)(=O)N(CCC#N)C2CC2)c1. The summed E-state index contributed by atoms with van der Waals surface area (Å²) in [6.45, 7) is 2.86. The van der Waals surface area contributed by atoms with Crippen LogP contribution in [0.2, 0.25) is 0 Å². The summed E-state index contributed by atoms with van der Waals surface area (Å²) in [5, 5.41) is 8.68. The van der Waals surface area contributed by atoms with Gasteiger partial charge in [0.1, 0.15) is 0 Å². The third-order valence-corrected chi connectivity index (χ3v) is 4.78. The Labute approximate surface area is 107 Å². The van der Waals surface area contributed by atoms with Crippen molar-refractivity contribution in [2.24, 2.45) is 0 Å². The van der Waals surface area contributed by atoms with E-state index in [1.54, 1.807) is 4.57 Å². The van der Waals surface area contributed by atoms with Crippen LogP contribution < -0.4 is 0 Å². The molecule has 1 aromatic heterocycles. The zero-order valence-electron chi connectivity index (χ0n) is 10.3. The Balaban J connectivity index is 2.24. The number of sulfonamides is 1. The Morgan fingerprint density at radius 2 is 2.33 bits per heavy atom. The van der Waals surface area contributed by atoms with Crippen molar-refractivity contribution >= 4 is 10.0 Å². The Hall–Kier alpha value is -1.39. The lowest BCUT2D eigenvalue weighted by molar-refractivity contribution is 0.409. The fourth-order valence-electron chi connectivity index (χ4n) is 1.79. The third-order valence-electron chi connectivity index (χ3n) is 2.95. The number of nitriles is 1. The largest absolute Gasteiger partial charge is 0.336 e. The molecule has 0 unspecified atom stereocenters. The number of nitrogens with zero attached hydrogens (tertiary/aromatic N) is 4. The second-order valence-corrected chi connectivity index (χ2v) is 6.13. The molecule has 0 amide bonds. The Morgan fingerprint density at radius 1 is 1.61 bits per heavy atom. The standard InChI is InChI=1S/C11H16N4O2S/c1-2-14-8-11(13-9-14)18(16,17)15(7-3-6-12)10-4-5-10/h8-10H,2-5,7H2,1H3. The van der Waals surface area contributed by atoms with E-state index in [2.05, 4.69) is 4.98 Å². The number of rotatable bonds is 6. The molecule has 0 bridgehead atoms. The fourth-order valence-corrected chi connectivity index (χ4v) is 3.41. The lowest BCUT2D eigenvalue weighted by Crippen LogP contribution is -2.34.